The second-order valence-electron chi connectivity index (χ2n) is 14.8. The monoisotopic (exact) mass is 624 g/mol. The third kappa shape index (κ3) is 3.72. The maximum absolute atomic E-state index is 2.55. The molecule has 2 nitrogen and oxygen atoms in total. The Bertz CT molecular complexity index is 2730. The van der Waals surface area contributed by atoms with Crippen LogP contribution in [0.2, 0.25) is 0 Å². The molecule has 0 atom stereocenters. The minimum atomic E-state index is 0.136. The third-order valence-electron chi connectivity index (χ3n) is 11.2. The van der Waals surface area contributed by atoms with Crippen LogP contribution < -0.4 is 0 Å². The van der Waals surface area contributed by atoms with E-state index in [1.54, 1.807) is 0 Å². The van der Waals surface area contributed by atoms with Gasteiger partial charge in [-0.1, -0.05) is 94.4 Å². The van der Waals surface area contributed by atoms with Crippen molar-refractivity contribution in [2.75, 3.05) is 0 Å². The van der Waals surface area contributed by atoms with E-state index >= 15 is 0 Å². The molecule has 228 valence electrons. The number of hydrogen-bond donors (Lipinski definition) is 0. The van der Waals surface area contributed by atoms with Gasteiger partial charge in [0.1, 0.15) is 0 Å². The molecular weight excluding hydrogens is 589 g/mol. The Labute approximate surface area is 278 Å². The number of para-hydroxylation sites is 2. The average Bonchev–Trinajstić information content (AvgIpc) is 3.73. The fourth-order valence-corrected chi connectivity index (χ4v) is 9.77. The molecule has 6 aromatic carbocycles. The zero-order chi connectivity index (χ0) is 31.7. The zero-order valence-electron chi connectivity index (χ0n) is 27.3. The minimum absolute atomic E-state index is 0.136. The molecule has 0 N–H and O–H groups in total. The van der Waals surface area contributed by atoms with Crippen LogP contribution >= 0.6 is 11.3 Å². The van der Waals surface area contributed by atoms with Crippen LogP contribution in [0.15, 0.2) is 121 Å². The molecule has 3 heteroatoms. The van der Waals surface area contributed by atoms with Crippen LogP contribution in [0.3, 0.4) is 0 Å². The van der Waals surface area contributed by atoms with E-state index in [9.17, 15) is 0 Å². The number of rotatable bonds is 2. The summed E-state index contributed by atoms with van der Waals surface area (Å²) in [5, 5.41) is 7.92. The minimum Gasteiger partial charge on any atom is -0.309 e. The van der Waals surface area contributed by atoms with Gasteiger partial charge in [-0.3, -0.25) is 0 Å². The molecule has 0 saturated carbocycles. The molecule has 0 fully saturated rings. The molecule has 0 unspecified atom stereocenters. The Morgan fingerprint density at radius 3 is 1.87 bits per heavy atom. The number of aromatic nitrogens is 2. The van der Waals surface area contributed by atoms with Crippen molar-refractivity contribution < 1.29 is 0 Å². The van der Waals surface area contributed by atoms with E-state index in [1.165, 1.54) is 99.1 Å². The normalized spacial score (nSPS) is 15.8. The summed E-state index contributed by atoms with van der Waals surface area (Å²) >= 11 is 1.90. The molecule has 47 heavy (non-hydrogen) atoms. The Morgan fingerprint density at radius 1 is 0.468 bits per heavy atom. The SMILES string of the molecule is CC1(C)CCC(C)(C)c2cc3c(cc21)c1cc2c4ccccc4n(-c4cccc5c4sc4ccccc45)c2cc1n3-c1ccccc1. The molecule has 3 heterocycles. The van der Waals surface area contributed by atoms with Crippen molar-refractivity contribution in [2.45, 2.75) is 51.4 Å². The fraction of sp³-hybridized carbons (Fsp3) is 0.182. The molecule has 0 bridgehead atoms. The number of hydrogen-bond acceptors (Lipinski definition) is 1. The molecule has 0 amide bonds. The van der Waals surface area contributed by atoms with E-state index < -0.39 is 0 Å². The summed E-state index contributed by atoms with van der Waals surface area (Å²) in [5.74, 6) is 0. The van der Waals surface area contributed by atoms with Crippen molar-refractivity contribution in [3.8, 4) is 11.4 Å². The van der Waals surface area contributed by atoms with Crippen molar-refractivity contribution in [1.82, 2.24) is 9.13 Å². The highest BCUT2D eigenvalue weighted by atomic mass is 32.1. The summed E-state index contributed by atoms with van der Waals surface area (Å²) in [7, 11) is 0. The topological polar surface area (TPSA) is 9.86 Å². The van der Waals surface area contributed by atoms with Gasteiger partial charge in [-0.05, 0) is 89.4 Å². The highest BCUT2D eigenvalue weighted by Crippen LogP contribution is 2.49. The lowest BCUT2D eigenvalue weighted by Gasteiger charge is -2.42. The first-order chi connectivity index (χ1) is 22.8. The van der Waals surface area contributed by atoms with Gasteiger partial charge >= 0.3 is 0 Å². The highest BCUT2D eigenvalue weighted by Gasteiger charge is 2.38. The van der Waals surface area contributed by atoms with E-state index in [-0.39, 0.29) is 10.8 Å². The maximum atomic E-state index is 2.55. The summed E-state index contributed by atoms with van der Waals surface area (Å²) in [4.78, 5) is 0. The summed E-state index contributed by atoms with van der Waals surface area (Å²) in [6.07, 6.45) is 2.41. The van der Waals surface area contributed by atoms with Crippen molar-refractivity contribution in [1.29, 1.82) is 0 Å². The summed E-state index contributed by atoms with van der Waals surface area (Å²) in [5.41, 5.74) is 10.8. The van der Waals surface area contributed by atoms with E-state index in [0.29, 0.717) is 0 Å². The predicted molar refractivity (Wildman–Crippen MR) is 203 cm³/mol. The van der Waals surface area contributed by atoms with Crippen LogP contribution in [0, 0.1) is 0 Å². The predicted octanol–water partition coefficient (Wildman–Crippen LogP) is 12.6. The molecular formula is C44H36N2S. The molecule has 1 aliphatic carbocycles. The smallest absolute Gasteiger partial charge is 0.0640 e. The Kier molecular flexibility index (Phi) is 5.43. The van der Waals surface area contributed by atoms with Gasteiger partial charge in [0.2, 0.25) is 0 Å². The van der Waals surface area contributed by atoms with Crippen LogP contribution in [0.4, 0.5) is 0 Å². The van der Waals surface area contributed by atoms with Gasteiger partial charge in [-0.2, -0.15) is 0 Å². The first-order valence-corrected chi connectivity index (χ1v) is 17.6. The molecule has 10 rings (SSSR count). The van der Waals surface area contributed by atoms with Gasteiger partial charge in [0.15, 0.2) is 0 Å². The quantitative estimate of drug-likeness (QED) is 0.181. The number of fused-ring (bicyclic) bond motifs is 10. The number of thiophene rings is 1. The fourth-order valence-electron chi connectivity index (χ4n) is 8.56. The Balaban J connectivity index is 1.38. The van der Waals surface area contributed by atoms with Gasteiger partial charge in [0.25, 0.3) is 0 Å². The van der Waals surface area contributed by atoms with Crippen LogP contribution in [0.25, 0.3) is 75.2 Å². The molecule has 0 saturated heterocycles. The third-order valence-corrected chi connectivity index (χ3v) is 12.4. The maximum Gasteiger partial charge on any atom is 0.0640 e. The molecule has 3 aromatic heterocycles. The van der Waals surface area contributed by atoms with Gasteiger partial charge in [-0.15, -0.1) is 11.3 Å². The van der Waals surface area contributed by atoms with Gasteiger partial charge in [0.05, 0.1) is 32.5 Å². The van der Waals surface area contributed by atoms with Gasteiger partial charge in [0, 0.05) is 42.7 Å². The Hall–Kier alpha value is -4.86. The number of benzene rings is 6. The lowest BCUT2D eigenvalue weighted by atomic mass is 9.63. The van der Waals surface area contributed by atoms with E-state index in [0.717, 1.165) is 0 Å². The zero-order valence-corrected chi connectivity index (χ0v) is 28.1. The van der Waals surface area contributed by atoms with E-state index in [4.69, 9.17) is 0 Å². The summed E-state index contributed by atoms with van der Waals surface area (Å²) in [6, 6.07) is 45.6. The van der Waals surface area contributed by atoms with Crippen LogP contribution in [-0.2, 0) is 10.8 Å². The van der Waals surface area contributed by atoms with E-state index in [1.807, 2.05) is 11.3 Å². The molecule has 9 aromatic rings. The average molecular weight is 625 g/mol. The van der Waals surface area contributed by atoms with Crippen LogP contribution in [-0.4, -0.2) is 9.13 Å². The lowest BCUT2D eigenvalue weighted by Crippen LogP contribution is -2.33. The van der Waals surface area contributed by atoms with Crippen molar-refractivity contribution >= 4 is 75.1 Å². The number of nitrogens with zero attached hydrogens (tertiary/aromatic N) is 2. The van der Waals surface area contributed by atoms with Crippen LogP contribution in [0.5, 0.6) is 0 Å². The molecule has 0 radical (unpaired) electrons. The summed E-state index contributed by atoms with van der Waals surface area (Å²) in [6.45, 7) is 9.73. The first-order valence-electron chi connectivity index (χ1n) is 16.8. The second kappa shape index (κ2) is 9.36. The van der Waals surface area contributed by atoms with Crippen molar-refractivity contribution in [3.63, 3.8) is 0 Å². The largest absolute Gasteiger partial charge is 0.309 e. The lowest BCUT2D eigenvalue weighted by molar-refractivity contribution is 0.332. The molecule has 0 aliphatic heterocycles. The van der Waals surface area contributed by atoms with E-state index in [2.05, 4.69) is 158 Å². The van der Waals surface area contributed by atoms with Crippen molar-refractivity contribution in [2.24, 2.45) is 0 Å². The molecule has 1 aliphatic rings. The van der Waals surface area contributed by atoms with Gasteiger partial charge in [-0.25, -0.2) is 0 Å². The summed E-state index contributed by atoms with van der Waals surface area (Å²) < 4.78 is 7.70. The van der Waals surface area contributed by atoms with Crippen LogP contribution in [0.1, 0.15) is 51.7 Å². The van der Waals surface area contributed by atoms with Gasteiger partial charge < -0.3 is 9.13 Å². The standard InChI is InChI=1S/C44H36N2S/c1-43(2)21-22-44(3,4)35-25-38-33(24-34(35)43)32-23-31-28-15-8-10-18-36(28)46(40(31)26-39(32)45(38)27-13-6-5-7-14-27)37-19-12-17-30-29-16-9-11-20-41(29)47-42(30)37/h5-20,23-26H,21-22H2,1-4H3. The van der Waals surface area contributed by atoms with Crippen molar-refractivity contribution in [3.05, 3.63) is 132 Å². The highest BCUT2D eigenvalue weighted by molar-refractivity contribution is 7.26. The second-order valence-corrected chi connectivity index (χ2v) is 15.9. The first kappa shape index (κ1) is 27.3. The molecule has 0 spiro atoms. The Morgan fingerprint density at radius 2 is 1.06 bits per heavy atom.